The number of carboxylic acids is 1. The second kappa shape index (κ2) is 10.7. The maximum atomic E-state index is 12.5. The summed E-state index contributed by atoms with van der Waals surface area (Å²) in [5.74, 6) is 0.394. The Morgan fingerprint density at radius 2 is 1.45 bits per heavy atom. The van der Waals surface area contributed by atoms with E-state index in [2.05, 4.69) is 85.9 Å². The first kappa shape index (κ1) is 30.2. The average molecular weight is 553 g/mol. The van der Waals surface area contributed by atoms with Gasteiger partial charge in [0.05, 0.1) is 5.92 Å². The van der Waals surface area contributed by atoms with Gasteiger partial charge in [-0.3, -0.25) is 4.79 Å². The summed E-state index contributed by atoms with van der Waals surface area (Å²) < 4.78 is 13.4. The van der Waals surface area contributed by atoms with E-state index < -0.39 is 28.5 Å². The third kappa shape index (κ3) is 6.12. The van der Waals surface area contributed by atoms with Crippen molar-refractivity contribution in [2.75, 3.05) is 0 Å². The number of hydrogen-bond acceptors (Lipinski definition) is 3. The van der Waals surface area contributed by atoms with Gasteiger partial charge >= 0.3 is 5.97 Å². The second-order valence-electron chi connectivity index (χ2n) is 13.7. The molecule has 1 aliphatic carbocycles. The zero-order chi connectivity index (χ0) is 28.7. The van der Waals surface area contributed by atoms with Crippen LogP contribution in [0.5, 0.6) is 11.5 Å². The fourth-order valence-corrected chi connectivity index (χ4v) is 6.58. The maximum absolute atomic E-state index is 12.5. The molecule has 38 heavy (non-hydrogen) atoms. The molecule has 0 fully saturated rings. The number of fused-ring (bicyclic) bond motifs is 1. The van der Waals surface area contributed by atoms with Crippen molar-refractivity contribution in [1.29, 1.82) is 0 Å². The zero-order valence-electron chi connectivity index (χ0n) is 25.4. The van der Waals surface area contributed by atoms with Crippen molar-refractivity contribution in [1.82, 2.24) is 0 Å². The van der Waals surface area contributed by atoms with E-state index >= 15 is 0 Å². The number of carboxylic acid groups (broad SMARTS) is 1. The molecule has 1 atom stereocenters. The standard InChI is InChI=1S/C32H48O4Si2/c1-12-24(30(33)34)29-25-20-18-23(35-37(8,9)31(2,3)4)21-22(25)17-19-27(29)26-15-13-14-16-28(26)36-38(10,11)32(5,6)7/h13-16,18,20-21,24H,12,17,19H2,1-11H3,(H,33,34). The Hall–Kier alpha value is -2.32. The Morgan fingerprint density at radius 3 is 2.00 bits per heavy atom. The summed E-state index contributed by atoms with van der Waals surface area (Å²) in [4.78, 5) is 12.5. The van der Waals surface area contributed by atoms with Gasteiger partial charge in [-0.1, -0.05) is 72.7 Å². The van der Waals surface area contributed by atoms with E-state index in [1.165, 1.54) is 5.56 Å². The van der Waals surface area contributed by atoms with Crippen molar-refractivity contribution >= 4 is 33.8 Å². The SMILES string of the molecule is CCC(C(=O)O)C1=C(c2ccccc2O[Si](C)(C)C(C)(C)C)CCc2cc(O[Si](C)(C)C(C)(C)C)ccc21. The number of aryl methyl sites for hydroxylation is 1. The molecule has 0 saturated carbocycles. The average Bonchev–Trinajstić information content (AvgIpc) is 2.78. The normalized spacial score (nSPS) is 15.7. The third-order valence-electron chi connectivity index (χ3n) is 8.95. The number of aliphatic carboxylic acids is 1. The van der Waals surface area contributed by atoms with Gasteiger partial charge in [0.1, 0.15) is 11.5 Å². The van der Waals surface area contributed by atoms with Crippen molar-refractivity contribution in [3.05, 3.63) is 59.2 Å². The molecule has 0 spiro atoms. The highest BCUT2D eigenvalue weighted by molar-refractivity contribution is 6.75. The zero-order valence-corrected chi connectivity index (χ0v) is 27.4. The number of rotatable bonds is 8. The highest BCUT2D eigenvalue weighted by atomic mass is 28.4. The van der Waals surface area contributed by atoms with Crippen LogP contribution >= 0.6 is 0 Å². The molecule has 0 saturated heterocycles. The summed E-state index contributed by atoms with van der Waals surface area (Å²) in [6.45, 7) is 24.4. The number of para-hydroxylation sites is 1. The molecule has 3 rings (SSSR count). The molecule has 2 aromatic rings. The molecular weight excluding hydrogens is 505 g/mol. The van der Waals surface area contributed by atoms with Crippen LogP contribution in [0.3, 0.4) is 0 Å². The lowest BCUT2D eigenvalue weighted by molar-refractivity contribution is -0.139. The van der Waals surface area contributed by atoms with Crippen LogP contribution in [0.25, 0.3) is 11.1 Å². The van der Waals surface area contributed by atoms with E-state index in [0.29, 0.717) is 6.42 Å². The molecule has 0 aromatic heterocycles. The number of benzene rings is 2. The number of hydrogen-bond donors (Lipinski definition) is 1. The van der Waals surface area contributed by atoms with Gasteiger partial charge in [-0.15, -0.1) is 0 Å². The monoisotopic (exact) mass is 552 g/mol. The molecule has 6 heteroatoms. The fraction of sp³-hybridized carbons (Fsp3) is 0.531. The van der Waals surface area contributed by atoms with Gasteiger partial charge in [0.25, 0.3) is 8.32 Å². The molecule has 0 radical (unpaired) electrons. The van der Waals surface area contributed by atoms with Gasteiger partial charge in [0.15, 0.2) is 0 Å². The van der Waals surface area contributed by atoms with Crippen LogP contribution in [0.15, 0.2) is 42.5 Å². The summed E-state index contributed by atoms with van der Waals surface area (Å²) >= 11 is 0. The van der Waals surface area contributed by atoms with Crippen molar-refractivity contribution in [3.8, 4) is 11.5 Å². The molecule has 0 amide bonds. The predicted octanol–water partition coefficient (Wildman–Crippen LogP) is 9.42. The minimum Gasteiger partial charge on any atom is -0.543 e. The first-order chi connectivity index (χ1) is 17.4. The van der Waals surface area contributed by atoms with Crippen LogP contribution in [-0.4, -0.2) is 27.7 Å². The van der Waals surface area contributed by atoms with Gasteiger partial charge in [-0.05, 0) is 96.0 Å². The molecular formula is C32H48O4Si2. The third-order valence-corrected chi connectivity index (χ3v) is 17.7. The largest absolute Gasteiger partial charge is 0.543 e. The Bertz CT molecular complexity index is 1210. The summed E-state index contributed by atoms with van der Waals surface area (Å²) in [5, 5.41) is 10.5. The van der Waals surface area contributed by atoms with Crippen LogP contribution < -0.4 is 8.85 Å². The Balaban J connectivity index is 2.18. The smallest absolute Gasteiger partial charge is 0.310 e. The van der Waals surface area contributed by atoms with E-state index in [1.54, 1.807) is 0 Å². The van der Waals surface area contributed by atoms with E-state index in [4.69, 9.17) is 8.85 Å². The Morgan fingerprint density at radius 1 is 0.868 bits per heavy atom. The van der Waals surface area contributed by atoms with Crippen molar-refractivity contribution in [2.45, 2.75) is 104 Å². The van der Waals surface area contributed by atoms with Gasteiger partial charge in [-0.2, -0.15) is 0 Å². The lowest BCUT2D eigenvalue weighted by atomic mass is 9.76. The lowest BCUT2D eigenvalue weighted by Crippen LogP contribution is -2.44. The summed E-state index contributed by atoms with van der Waals surface area (Å²) in [6, 6.07) is 14.5. The quantitative estimate of drug-likeness (QED) is 0.331. The number of allylic oxidation sites excluding steroid dienone is 1. The summed E-state index contributed by atoms with van der Waals surface area (Å²) in [5.41, 5.74) is 5.25. The number of carbonyl (C=O) groups is 1. The van der Waals surface area contributed by atoms with Crippen LogP contribution in [0.1, 0.15) is 78.0 Å². The van der Waals surface area contributed by atoms with Crippen molar-refractivity contribution in [3.63, 3.8) is 0 Å². The minimum absolute atomic E-state index is 0.0596. The molecule has 208 valence electrons. The molecule has 0 bridgehead atoms. The molecule has 1 aliphatic rings. The Labute approximate surface area is 232 Å². The predicted molar refractivity (Wildman–Crippen MR) is 165 cm³/mol. The molecule has 0 heterocycles. The lowest BCUT2D eigenvalue weighted by Gasteiger charge is -2.38. The van der Waals surface area contributed by atoms with Crippen LogP contribution in [0.4, 0.5) is 0 Å². The van der Waals surface area contributed by atoms with Crippen LogP contribution in [-0.2, 0) is 11.2 Å². The van der Waals surface area contributed by atoms with Crippen LogP contribution in [0, 0.1) is 5.92 Å². The highest BCUT2D eigenvalue weighted by Gasteiger charge is 2.41. The summed E-state index contributed by atoms with van der Waals surface area (Å²) in [6.07, 6.45) is 2.14. The highest BCUT2D eigenvalue weighted by Crippen LogP contribution is 2.47. The summed E-state index contributed by atoms with van der Waals surface area (Å²) in [7, 11) is -4.07. The van der Waals surface area contributed by atoms with Gasteiger partial charge < -0.3 is 14.0 Å². The first-order valence-corrected chi connectivity index (χ1v) is 19.8. The molecule has 0 aliphatic heterocycles. The molecule has 4 nitrogen and oxygen atoms in total. The molecule has 2 aromatic carbocycles. The van der Waals surface area contributed by atoms with E-state index in [9.17, 15) is 9.90 Å². The Kier molecular flexibility index (Phi) is 8.50. The first-order valence-electron chi connectivity index (χ1n) is 14.0. The van der Waals surface area contributed by atoms with E-state index in [-0.39, 0.29) is 10.1 Å². The van der Waals surface area contributed by atoms with Crippen molar-refractivity contribution in [2.24, 2.45) is 5.92 Å². The van der Waals surface area contributed by atoms with Crippen LogP contribution in [0.2, 0.25) is 36.3 Å². The van der Waals surface area contributed by atoms with Gasteiger partial charge in [0.2, 0.25) is 8.32 Å². The fourth-order valence-electron chi connectivity index (χ4n) is 4.52. The van der Waals surface area contributed by atoms with Crippen molar-refractivity contribution < 1.29 is 18.8 Å². The van der Waals surface area contributed by atoms with E-state index in [1.807, 2.05) is 31.2 Å². The topological polar surface area (TPSA) is 55.8 Å². The van der Waals surface area contributed by atoms with E-state index in [0.717, 1.165) is 46.6 Å². The maximum Gasteiger partial charge on any atom is 0.310 e. The minimum atomic E-state index is -2.09. The second-order valence-corrected chi connectivity index (χ2v) is 23.2. The molecule has 1 N–H and O–H groups in total. The van der Waals surface area contributed by atoms with Gasteiger partial charge in [-0.25, -0.2) is 0 Å². The molecule has 1 unspecified atom stereocenters. The van der Waals surface area contributed by atoms with Gasteiger partial charge in [0, 0.05) is 5.56 Å².